The number of unbranched alkanes of at least 4 members (excludes halogenated alkanes) is 1. The summed E-state index contributed by atoms with van der Waals surface area (Å²) < 4.78 is 6.04. The lowest BCUT2D eigenvalue weighted by atomic mass is 10.0. The Hall–Kier alpha value is 0.177. The molecule has 0 bridgehead atoms. The second-order valence-electron chi connectivity index (χ2n) is 4.93. The van der Waals surface area contributed by atoms with Crippen LogP contribution in [0.1, 0.15) is 33.1 Å². The van der Waals surface area contributed by atoms with E-state index in [-0.39, 0.29) is 5.60 Å². The number of rotatable bonds is 5. The highest BCUT2D eigenvalue weighted by molar-refractivity contribution is 6.69. The van der Waals surface area contributed by atoms with Gasteiger partial charge < -0.3 is 4.43 Å². The zero-order valence-electron chi connectivity index (χ0n) is 9.24. The molecule has 0 aliphatic heterocycles. The van der Waals surface area contributed by atoms with Crippen molar-refractivity contribution in [2.45, 2.75) is 58.4 Å². The molecule has 0 saturated carbocycles. The molecule has 0 aromatic carbocycles. The molecule has 73 valence electrons. The summed E-state index contributed by atoms with van der Waals surface area (Å²) in [5, 5.41) is 0. The van der Waals surface area contributed by atoms with Crippen molar-refractivity contribution in [3.8, 4) is 0 Å². The molecule has 0 fully saturated rings. The number of hydrogen-bond acceptors (Lipinski definition) is 1. The van der Waals surface area contributed by atoms with Crippen molar-refractivity contribution in [1.82, 2.24) is 0 Å². The predicted octanol–water partition coefficient (Wildman–Crippen LogP) is 3.62. The molecule has 0 spiro atoms. The topological polar surface area (TPSA) is 9.23 Å². The van der Waals surface area contributed by atoms with E-state index >= 15 is 0 Å². The molecule has 0 atom stereocenters. The summed E-state index contributed by atoms with van der Waals surface area (Å²) in [6, 6.07) is 0. The van der Waals surface area contributed by atoms with Crippen LogP contribution in [-0.4, -0.2) is 13.9 Å². The van der Waals surface area contributed by atoms with Crippen LogP contribution in [0.3, 0.4) is 0 Å². The van der Waals surface area contributed by atoms with E-state index in [4.69, 9.17) is 4.43 Å². The SMILES string of the molecule is [CH2]CCCC(C)(C)O[Si](C)(C)C. The van der Waals surface area contributed by atoms with Crippen molar-refractivity contribution in [3.05, 3.63) is 6.92 Å². The van der Waals surface area contributed by atoms with E-state index in [1.54, 1.807) is 0 Å². The molecule has 0 aromatic heterocycles. The Balaban J connectivity index is 3.86. The van der Waals surface area contributed by atoms with E-state index in [1.165, 1.54) is 0 Å². The van der Waals surface area contributed by atoms with Gasteiger partial charge in [0.2, 0.25) is 0 Å². The van der Waals surface area contributed by atoms with Crippen LogP contribution in [-0.2, 0) is 4.43 Å². The summed E-state index contributed by atoms with van der Waals surface area (Å²) in [5.41, 5.74) is 0.0577. The lowest BCUT2D eigenvalue weighted by Gasteiger charge is -2.33. The standard InChI is InChI=1S/C10H23OSi/c1-7-8-9-10(2,3)11-12(4,5)6/h1,7-9H2,2-6H3. The van der Waals surface area contributed by atoms with E-state index in [2.05, 4.69) is 40.4 Å². The molecule has 0 amide bonds. The highest BCUT2D eigenvalue weighted by Crippen LogP contribution is 2.22. The van der Waals surface area contributed by atoms with E-state index in [9.17, 15) is 0 Å². The summed E-state index contributed by atoms with van der Waals surface area (Å²) in [6.45, 7) is 14.9. The molecule has 12 heavy (non-hydrogen) atoms. The Morgan fingerprint density at radius 3 is 2.08 bits per heavy atom. The van der Waals surface area contributed by atoms with Gasteiger partial charge >= 0.3 is 0 Å². The monoisotopic (exact) mass is 187 g/mol. The fraction of sp³-hybridized carbons (Fsp3) is 0.900. The summed E-state index contributed by atoms with van der Waals surface area (Å²) in [7, 11) is -1.36. The Bertz CT molecular complexity index is 124. The molecule has 0 unspecified atom stereocenters. The van der Waals surface area contributed by atoms with Gasteiger partial charge in [0.05, 0.1) is 5.60 Å². The molecule has 0 aliphatic carbocycles. The first kappa shape index (κ1) is 12.2. The van der Waals surface area contributed by atoms with E-state index < -0.39 is 8.32 Å². The zero-order valence-corrected chi connectivity index (χ0v) is 10.2. The van der Waals surface area contributed by atoms with Gasteiger partial charge in [0.25, 0.3) is 0 Å². The van der Waals surface area contributed by atoms with Gasteiger partial charge in [0.1, 0.15) is 0 Å². The predicted molar refractivity (Wildman–Crippen MR) is 57.7 cm³/mol. The van der Waals surface area contributed by atoms with Gasteiger partial charge in [0, 0.05) is 0 Å². The van der Waals surface area contributed by atoms with Gasteiger partial charge in [-0.25, -0.2) is 0 Å². The smallest absolute Gasteiger partial charge is 0.184 e. The minimum atomic E-state index is -1.36. The molecule has 0 N–H and O–H groups in total. The van der Waals surface area contributed by atoms with Crippen LogP contribution >= 0.6 is 0 Å². The Morgan fingerprint density at radius 2 is 1.75 bits per heavy atom. The summed E-state index contributed by atoms with van der Waals surface area (Å²) >= 11 is 0. The Morgan fingerprint density at radius 1 is 1.25 bits per heavy atom. The second kappa shape index (κ2) is 4.42. The van der Waals surface area contributed by atoms with E-state index in [1.807, 2.05) is 0 Å². The molecule has 0 heterocycles. The minimum absolute atomic E-state index is 0.0577. The average Bonchev–Trinajstić information content (AvgIpc) is 1.78. The van der Waals surface area contributed by atoms with Crippen molar-refractivity contribution < 1.29 is 4.43 Å². The van der Waals surface area contributed by atoms with Gasteiger partial charge in [-0.1, -0.05) is 19.8 Å². The van der Waals surface area contributed by atoms with Crippen LogP contribution in [0.2, 0.25) is 19.6 Å². The van der Waals surface area contributed by atoms with Crippen LogP contribution in [0.25, 0.3) is 0 Å². The average molecular weight is 187 g/mol. The first-order chi connectivity index (χ1) is 5.27. The maximum atomic E-state index is 6.04. The fourth-order valence-corrected chi connectivity index (χ4v) is 3.19. The van der Waals surface area contributed by atoms with Crippen LogP contribution in [0.4, 0.5) is 0 Å². The summed E-state index contributed by atoms with van der Waals surface area (Å²) in [4.78, 5) is 0. The molecular formula is C10H23OSi. The largest absolute Gasteiger partial charge is 0.413 e. The Labute approximate surface area is 78.6 Å². The lowest BCUT2D eigenvalue weighted by molar-refractivity contribution is 0.0892. The van der Waals surface area contributed by atoms with Gasteiger partial charge in [-0.15, -0.1) is 0 Å². The van der Waals surface area contributed by atoms with E-state index in [0.717, 1.165) is 19.3 Å². The quantitative estimate of drug-likeness (QED) is 0.597. The molecule has 0 saturated heterocycles. The molecule has 1 radical (unpaired) electrons. The Kier molecular flexibility index (Phi) is 4.49. The van der Waals surface area contributed by atoms with Gasteiger partial charge in [-0.2, -0.15) is 0 Å². The first-order valence-electron chi connectivity index (χ1n) is 4.76. The van der Waals surface area contributed by atoms with Crippen LogP contribution < -0.4 is 0 Å². The third-order valence-electron chi connectivity index (χ3n) is 1.61. The van der Waals surface area contributed by atoms with Crippen molar-refractivity contribution in [1.29, 1.82) is 0 Å². The third kappa shape index (κ3) is 6.86. The molecule has 0 rings (SSSR count). The van der Waals surface area contributed by atoms with Crippen LogP contribution in [0.5, 0.6) is 0 Å². The van der Waals surface area contributed by atoms with E-state index in [0.29, 0.717) is 0 Å². The maximum Gasteiger partial charge on any atom is 0.184 e. The van der Waals surface area contributed by atoms with Crippen molar-refractivity contribution in [3.63, 3.8) is 0 Å². The molecular weight excluding hydrogens is 164 g/mol. The van der Waals surface area contributed by atoms with Crippen molar-refractivity contribution in [2.24, 2.45) is 0 Å². The first-order valence-corrected chi connectivity index (χ1v) is 8.17. The van der Waals surface area contributed by atoms with Gasteiger partial charge in [-0.3, -0.25) is 0 Å². The summed E-state index contributed by atoms with van der Waals surface area (Å²) in [6.07, 6.45) is 3.30. The molecule has 2 heteroatoms. The van der Waals surface area contributed by atoms with Gasteiger partial charge in [-0.05, 0) is 39.9 Å². The highest BCUT2D eigenvalue weighted by Gasteiger charge is 2.26. The zero-order chi connectivity index (χ0) is 9.83. The van der Waals surface area contributed by atoms with Gasteiger partial charge in [0.15, 0.2) is 8.32 Å². The highest BCUT2D eigenvalue weighted by atomic mass is 28.4. The summed E-state index contributed by atoms with van der Waals surface area (Å²) in [5.74, 6) is 0. The molecule has 0 aromatic rings. The normalized spacial score (nSPS) is 13.5. The van der Waals surface area contributed by atoms with Crippen LogP contribution in [0.15, 0.2) is 0 Å². The van der Waals surface area contributed by atoms with Crippen LogP contribution in [0, 0.1) is 6.92 Å². The fourth-order valence-electron chi connectivity index (χ4n) is 1.43. The third-order valence-corrected chi connectivity index (χ3v) is 2.78. The van der Waals surface area contributed by atoms with Crippen molar-refractivity contribution in [2.75, 3.05) is 0 Å². The number of hydrogen-bond donors (Lipinski definition) is 0. The maximum absolute atomic E-state index is 6.04. The lowest BCUT2D eigenvalue weighted by Crippen LogP contribution is -2.38. The minimum Gasteiger partial charge on any atom is -0.413 e. The molecule has 1 nitrogen and oxygen atoms in total. The molecule has 0 aliphatic rings. The second-order valence-corrected chi connectivity index (χ2v) is 9.36. The van der Waals surface area contributed by atoms with Crippen molar-refractivity contribution >= 4 is 8.32 Å².